The third-order valence-corrected chi connectivity index (χ3v) is 3.37. The summed E-state index contributed by atoms with van der Waals surface area (Å²) < 4.78 is 4.88. The van der Waals surface area contributed by atoms with Gasteiger partial charge in [0.15, 0.2) is 0 Å². The van der Waals surface area contributed by atoms with Crippen LogP contribution in [0.15, 0.2) is 24.3 Å². The molecule has 8 nitrogen and oxygen atoms in total. The first-order valence-corrected chi connectivity index (χ1v) is 7.89. The van der Waals surface area contributed by atoms with Crippen molar-refractivity contribution < 1.29 is 23.9 Å². The average Bonchev–Trinajstić information content (AvgIpc) is 2.53. The van der Waals surface area contributed by atoms with Crippen molar-refractivity contribution in [2.75, 3.05) is 11.9 Å². The van der Waals surface area contributed by atoms with Gasteiger partial charge in [0.05, 0.1) is 12.5 Å². The van der Waals surface area contributed by atoms with E-state index in [4.69, 9.17) is 10.5 Å². The average molecular weight is 349 g/mol. The Morgan fingerprint density at radius 1 is 1.24 bits per heavy atom. The number of carbonyl (C=O) groups is 4. The van der Waals surface area contributed by atoms with Crippen molar-refractivity contribution in [3.63, 3.8) is 0 Å². The molecule has 1 aromatic rings. The number of benzene rings is 1. The molecule has 0 aromatic heterocycles. The molecule has 1 rings (SSSR count). The van der Waals surface area contributed by atoms with Gasteiger partial charge in [-0.2, -0.15) is 0 Å². The van der Waals surface area contributed by atoms with Crippen LogP contribution in [0.1, 0.15) is 37.6 Å². The maximum Gasteiger partial charge on any atom is 0.308 e. The van der Waals surface area contributed by atoms with Gasteiger partial charge in [0.25, 0.3) is 5.91 Å². The molecular weight excluding hydrogens is 326 g/mol. The molecule has 8 heteroatoms. The Morgan fingerprint density at radius 3 is 2.48 bits per heavy atom. The van der Waals surface area contributed by atoms with E-state index in [9.17, 15) is 19.2 Å². The lowest BCUT2D eigenvalue weighted by molar-refractivity contribution is -0.147. The monoisotopic (exact) mass is 349 g/mol. The maximum absolute atomic E-state index is 12.3. The minimum atomic E-state index is -1.02. The molecule has 0 saturated carbocycles. The van der Waals surface area contributed by atoms with Gasteiger partial charge in [-0.15, -0.1) is 0 Å². The first-order valence-electron chi connectivity index (χ1n) is 7.89. The first kappa shape index (κ1) is 20.1. The molecule has 0 saturated heterocycles. The maximum atomic E-state index is 12.3. The quantitative estimate of drug-likeness (QED) is 0.599. The number of carbonyl (C=O) groups excluding carboxylic acids is 4. The Labute approximate surface area is 146 Å². The molecule has 0 heterocycles. The summed E-state index contributed by atoms with van der Waals surface area (Å²) in [6.45, 7) is 4.86. The van der Waals surface area contributed by atoms with Crippen molar-refractivity contribution in [3.8, 4) is 0 Å². The van der Waals surface area contributed by atoms with Crippen molar-refractivity contribution in [2.45, 2.75) is 33.2 Å². The summed E-state index contributed by atoms with van der Waals surface area (Å²) in [4.78, 5) is 46.7. The van der Waals surface area contributed by atoms with E-state index < -0.39 is 29.7 Å². The molecule has 0 bridgehead atoms. The van der Waals surface area contributed by atoms with Gasteiger partial charge in [0.1, 0.15) is 6.04 Å². The third kappa shape index (κ3) is 6.62. The van der Waals surface area contributed by atoms with E-state index in [1.165, 1.54) is 19.1 Å². The van der Waals surface area contributed by atoms with E-state index >= 15 is 0 Å². The van der Waals surface area contributed by atoms with Crippen LogP contribution in [0.25, 0.3) is 0 Å². The fourth-order valence-electron chi connectivity index (χ4n) is 2.16. The molecule has 4 N–H and O–H groups in total. The lowest BCUT2D eigenvalue weighted by Gasteiger charge is -2.19. The molecular formula is C17H23N3O5. The summed E-state index contributed by atoms with van der Waals surface area (Å²) >= 11 is 0. The van der Waals surface area contributed by atoms with Gasteiger partial charge in [-0.25, -0.2) is 0 Å². The standard InChI is InChI=1S/C17H23N3O5/c1-4-25-17(24)10(2)8-14(15(18)22)20-16(23)12-6-5-7-13(9-12)19-11(3)21/h5-7,9-10,14H,4,8H2,1-3H3,(H2,18,22)(H,19,21)(H,20,23)/t10-,14-/m1/s1. The highest BCUT2D eigenvalue weighted by Gasteiger charge is 2.25. The second kappa shape index (κ2) is 9.41. The van der Waals surface area contributed by atoms with E-state index in [0.717, 1.165) is 0 Å². The van der Waals surface area contributed by atoms with Crippen LogP contribution in [0.3, 0.4) is 0 Å². The minimum absolute atomic E-state index is 0.0330. The summed E-state index contributed by atoms with van der Waals surface area (Å²) in [6, 6.07) is 5.22. The van der Waals surface area contributed by atoms with E-state index in [2.05, 4.69) is 10.6 Å². The number of primary amides is 1. The van der Waals surface area contributed by atoms with Crippen molar-refractivity contribution in [3.05, 3.63) is 29.8 Å². The molecule has 0 aliphatic rings. The zero-order chi connectivity index (χ0) is 19.0. The SMILES string of the molecule is CCOC(=O)[C@H](C)C[C@@H](NC(=O)c1cccc(NC(C)=O)c1)C(N)=O. The number of rotatable bonds is 8. The Kier molecular flexibility index (Phi) is 7.58. The zero-order valence-electron chi connectivity index (χ0n) is 14.5. The van der Waals surface area contributed by atoms with E-state index in [1.807, 2.05) is 0 Å². The fraction of sp³-hybridized carbons (Fsp3) is 0.412. The second-order valence-corrected chi connectivity index (χ2v) is 5.58. The fourth-order valence-corrected chi connectivity index (χ4v) is 2.16. The van der Waals surface area contributed by atoms with Gasteiger partial charge in [0, 0.05) is 18.2 Å². The van der Waals surface area contributed by atoms with E-state index in [1.54, 1.807) is 26.0 Å². The minimum Gasteiger partial charge on any atom is -0.466 e. The number of amides is 3. The summed E-state index contributed by atoms with van der Waals surface area (Å²) in [5.74, 6) is -2.61. The van der Waals surface area contributed by atoms with Gasteiger partial charge in [0.2, 0.25) is 11.8 Å². The molecule has 0 aliphatic carbocycles. The van der Waals surface area contributed by atoms with Crippen LogP contribution in [0.5, 0.6) is 0 Å². The van der Waals surface area contributed by atoms with Gasteiger partial charge >= 0.3 is 5.97 Å². The normalized spacial score (nSPS) is 12.6. The highest BCUT2D eigenvalue weighted by Crippen LogP contribution is 2.13. The summed E-state index contributed by atoms with van der Waals surface area (Å²) in [7, 11) is 0. The lowest BCUT2D eigenvalue weighted by Crippen LogP contribution is -2.46. The number of ether oxygens (including phenoxy) is 1. The number of anilines is 1. The van der Waals surface area contributed by atoms with Gasteiger partial charge in [-0.1, -0.05) is 13.0 Å². The van der Waals surface area contributed by atoms with Gasteiger partial charge in [-0.3, -0.25) is 19.2 Å². The topological polar surface area (TPSA) is 128 Å². The molecule has 0 fully saturated rings. The molecule has 0 unspecified atom stereocenters. The summed E-state index contributed by atoms with van der Waals surface area (Å²) in [5.41, 5.74) is 6.02. The molecule has 25 heavy (non-hydrogen) atoms. The molecule has 2 atom stereocenters. The molecule has 0 spiro atoms. The van der Waals surface area contributed by atoms with Crippen molar-refractivity contribution in [2.24, 2.45) is 11.7 Å². The Morgan fingerprint density at radius 2 is 1.92 bits per heavy atom. The molecule has 0 radical (unpaired) electrons. The predicted octanol–water partition coefficient (Wildman–Crippen LogP) is 0.818. The summed E-state index contributed by atoms with van der Waals surface area (Å²) in [6.07, 6.45) is 0.0330. The summed E-state index contributed by atoms with van der Waals surface area (Å²) in [5, 5.41) is 5.07. The number of nitrogens with one attached hydrogen (secondary N) is 2. The van der Waals surface area contributed by atoms with E-state index in [-0.39, 0.29) is 24.5 Å². The van der Waals surface area contributed by atoms with Crippen LogP contribution >= 0.6 is 0 Å². The first-order chi connectivity index (χ1) is 11.7. The lowest BCUT2D eigenvalue weighted by atomic mass is 10.0. The Balaban J connectivity index is 2.81. The highest BCUT2D eigenvalue weighted by molar-refractivity contribution is 5.99. The Bertz CT molecular complexity index is 659. The predicted molar refractivity (Wildman–Crippen MR) is 91.6 cm³/mol. The largest absolute Gasteiger partial charge is 0.466 e. The van der Waals surface area contributed by atoms with Crippen LogP contribution < -0.4 is 16.4 Å². The molecule has 1 aromatic carbocycles. The zero-order valence-corrected chi connectivity index (χ0v) is 14.5. The Hall–Kier alpha value is -2.90. The number of nitrogens with two attached hydrogens (primary N) is 1. The van der Waals surface area contributed by atoms with Crippen LogP contribution in [-0.2, 0) is 19.1 Å². The van der Waals surface area contributed by atoms with Gasteiger partial charge < -0.3 is 21.1 Å². The third-order valence-electron chi connectivity index (χ3n) is 3.37. The van der Waals surface area contributed by atoms with Crippen molar-refractivity contribution in [1.29, 1.82) is 0 Å². The van der Waals surface area contributed by atoms with Crippen LogP contribution in [0.2, 0.25) is 0 Å². The van der Waals surface area contributed by atoms with Crippen molar-refractivity contribution in [1.82, 2.24) is 5.32 Å². The van der Waals surface area contributed by atoms with Gasteiger partial charge in [-0.05, 0) is 31.5 Å². The number of hydrogen-bond acceptors (Lipinski definition) is 5. The van der Waals surface area contributed by atoms with Crippen molar-refractivity contribution >= 4 is 29.4 Å². The van der Waals surface area contributed by atoms with Crippen LogP contribution in [0.4, 0.5) is 5.69 Å². The highest BCUT2D eigenvalue weighted by atomic mass is 16.5. The van der Waals surface area contributed by atoms with E-state index in [0.29, 0.717) is 5.69 Å². The second-order valence-electron chi connectivity index (χ2n) is 5.58. The number of hydrogen-bond donors (Lipinski definition) is 3. The van der Waals surface area contributed by atoms with Crippen LogP contribution in [-0.4, -0.2) is 36.3 Å². The number of esters is 1. The molecule has 136 valence electrons. The molecule has 3 amide bonds. The van der Waals surface area contributed by atoms with Crippen LogP contribution in [0, 0.1) is 5.92 Å². The smallest absolute Gasteiger partial charge is 0.308 e. The molecule has 0 aliphatic heterocycles.